The quantitative estimate of drug-likeness (QED) is 0.495. The van der Waals surface area contributed by atoms with Gasteiger partial charge in [0.25, 0.3) is 0 Å². The van der Waals surface area contributed by atoms with Crippen LogP contribution in [0, 0.1) is 0 Å². The Morgan fingerprint density at radius 3 is 2.15 bits per heavy atom. The lowest BCUT2D eigenvalue weighted by Crippen LogP contribution is -2.22. The topological polar surface area (TPSA) is 59.6 Å². The van der Waals surface area contributed by atoms with E-state index in [0.717, 1.165) is 16.8 Å². The van der Waals surface area contributed by atoms with Crippen LogP contribution in [0.5, 0.6) is 0 Å². The fourth-order valence-electron chi connectivity index (χ4n) is 2.56. The van der Waals surface area contributed by atoms with E-state index in [1.807, 2.05) is 60.7 Å². The lowest BCUT2D eigenvalue weighted by molar-refractivity contribution is 0.107. The fourth-order valence-corrected chi connectivity index (χ4v) is 2.56. The molecule has 0 saturated carbocycles. The number of nitrogens with two attached hydrogens (primary N) is 1. The van der Waals surface area contributed by atoms with Crippen LogP contribution in [0.15, 0.2) is 89.9 Å². The number of anilines is 1. The van der Waals surface area contributed by atoms with Crippen LogP contribution in [0.4, 0.5) is 5.69 Å². The number of benzene rings is 3. The summed E-state index contributed by atoms with van der Waals surface area (Å²) < 4.78 is 5.79. The van der Waals surface area contributed by atoms with Gasteiger partial charge in [-0.3, -0.25) is 0 Å². The van der Waals surface area contributed by atoms with Gasteiger partial charge in [-0.1, -0.05) is 72.8 Å². The van der Waals surface area contributed by atoms with Gasteiger partial charge < -0.3 is 15.8 Å². The molecule has 0 aliphatic rings. The Morgan fingerprint density at radius 2 is 1.38 bits per heavy atom. The summed E-state index contributed by atoms with van der Waals surface area (Å²) in [5.74, 6) is 0.405. The van der Waals surface area contributed by atoms with Crippen LogP contribution in [-0.4, -0.2) is 5.96 Å². The van der Waals surface area contributed by atoms with E-state index >= 15 is 0 Å². The first-order chi connectivity index (χ1) is 12.8. The van der Waals surface area contributed by atoms with E-state index in [-0.39, 0.29) is 0 Å². The molecule has 4 heteroatoms. The minimum absolute atomic E-state index is 0.405. The summed E-state index contributed by atoms with van der Waals surface area (Å²) in [5, 5.41) is 3.08. The SMILES string of the molecule is NC(=NCc1cccc(COCc2ccccc2)c1)Nc1ccccc1. The van der Waals surface area contributed by atoms with Gasteiger partial charge in [-0.15, -0.1) is 0 Å². The van der Waals surface area contributed by atoms with E-state index in [4.69, 9.17) is 10.5 Å². The molecule has 0 fully saturated rings. The van der Waals surface area contributed by atoms with Crippen molar-refractivity contribution in [2.45, 2.75) is 19.8 Å². The number of hydrogen-bond donors (Lipinski definition) is 2. The summed E-state index contributed by atoms with van der Waals surface area (Å²) in [6.07, 6.45) is 0. The molecular formula is C22H23N3O. The molecule has 3 N–H and O–H groups in total. The number of hydrogen-bond acceptors (Lipinski definition) is 2. The van der Waals surface area contributed by atoms with Crippen molar-refractivity contribution in [3.63, 3.8) is 0 Å². The predicted octanol–water partition coefficient (Wildman–Crippen LogP) is 4.33. The smallest absolute Gasteiger partial charge is 0.193 e. The first-order valence-corrected chi connectivity index (χ1v) is 8.61. The number of rotatable bonds is 7. The van der Waals surface area contributed by atoms with Gasteiger partial charge in [-0.2, -0.15) is 0 Å². The van der Waals surface area contributed by atoms with E-state index in [1.54, 1.807) is 0 Å². The highest BCUT2D eigenvalue weighted by atomic mass is 16.5. The second kappa shape index (κ2) is 9.39. The van der Waals surface area contributed by atoms with Crippen LogP contribution in [0.25, 0.3) is 0 Å². The minimum Gasteiger partial charge on any atom is -0.372 e. The van der Waals surface area contributed by atoms with E-state index in [0.29, 0.717) is 25.7 Å². The predicted molar refractivity (Wildman–Crippen MR) is 107 cm³/mol. The molecule has 0 bridgehead atoms. The van der Waals surface area contributed by atoms with Crippen molar-refractivity contribution in [3.05, 3.63) is 102 Å². The number of ether oxygens (including phenoxy) is 1. The Hall–Kier alpha value is -3.11. The highest BCUT2D eigenvalue weighted by Gasteiger charge is 1.99. The zero-order valence-corrected chi connectivity index (χ0v) is 14.6. The summed E-state index contributed by atoms with van der Waals surface area (Å²) in [4.78, 5) is 4.40. The van der Waals surface area contributed by atoms with Gasteiger partial charge in [0.1, 0.15) is 0 Å². The molecule has 3 aromatic carbocycles. The molecule has 0 amide bonds. The van der Waals surface area contributed by atoms with Crippen LogP contribution in [0.3, 0.4) is 0 Å². The summed E-state index contributed by atoms with van der Waals surface area (Å²) in [7, 11) is 0. The second-order valence-electron chi connectivity index (χ2n) is 5.99. The van der Waals surface area contributed by atoms with Gasteiger partial charge in [-0.05, 0) is 28.8 Å². The minimum atomic E-state index is 0.405. The number of guanidine groups is 1. The maximum atomic E-state index is 5.95. The van der Waals surface area contributed by atoms with Crippen molar-refractivity contribution in [2.75, 3.05) is 5.32 Å². The highest BCUT2D eigenvalue weighted by molar-refractivity contribution is 5.92. The fraction of sp³-hybridized carbons (Fsp3) is 0.136. The third kappa shape index (κ3) is 5.76. The van der Waals surface area contributed by atoms with Crippen molar-refractivity contribution < 1.29 is 4.74 Å². The van der Waals surface area contributed by atoms with Crippen molar-refractivity contribution in [2.24, 2.45) is 10.7 Å². The molecule has 0 spiro atoms. The largest absolute Gasteiger partial charge is 0.372 e. The van der Waals surface area contributed by atoms with Crippen LogP contribution >= 0.6 is 0 Å². The maximum Gasteiger partial charge on any atom is 0.193 e. The average molecular weight is 345 g/mol. The molecule has 0 aliphatic carbocycles. The third-order valence-electron chi connectivity index (χ3n) is 3.85. The normalized spacial score (nSPS) is 11.3. The van der Waals surface area contributed by atoms with E-state index < -0.39 is 0 Å². The van der Waals surface area contributed by atoms with Crippen LogP contribution < -0.4 is 11.1 Å². The van der Waals surface area contributed by atoms with Crippen LogP contribution in [0.2, 0.25) is 0 Å². The molecule has 0 atom stereocenters. The summed E-state index contributed by atoms with van der Waals surface area (Å²) in [6.45, 7) is 1.71. The van der Waals surface area contributed by atoms with E-state index in [1.165, 1.54) is 5.56 Å². The lowest BCUT2D eigenvalue weighted by Gasteiger charge is -2.07. The van der Waals surface area contributed by atoms with Crippen molar-refractivity contribution in [3.8, 4) is 0 Å². The van der Waals surface area contributed by atoms with Crippen LogP contribution in [0.1, 0.15) is 16.7 Å². The molecular weight excluding hydrogens is 322 g/mol. The third-order valence-corrected chi connectivity index (χ3v) is 3.85. The highest BCUT2D eigenvalue weighted by Crippen LogP contribution is 2.10. The maximum absolute atomic E-state index is 5.95. The summed E-state index contributed by atoms with van der Waals surface area (Å²) >= 11 is 0. The van der Waals surface area contributed by atoms with Gasteiger partial charge in [0.05, 0.1) is 19.8 Å². The molecule has 26 heavy (non-hydrogen) atoms. The standard InChI is InChI=1S/C22H23N3O/c23-22(25-21-12-5-2-6-13-21)24-15-19-10-7-11-20(14-19)17-26-16-18-8-3-1-4-9-18/h1-14H,15-17H2,(H3,23,24,25). The zero-order valence-electron chi connectivity index (χ0n) is 14.6. The molecule has 3 rings (SSSR count). The summed E-state index contributed by atoms with van der Waals surface area (Å²) in [5.41, 5.74) is 10.3. The Bertz CT molecular complexity index is 832. The van der Waals surface area contributed by atoms with E-state index in [9.17, 15) is 0 Å². The van der Waals surface area contributed by atoms with Gasteiger partial charge in [0, 0.05) is 5.69 Å². The van der Waals surface area contributed by atoms with Crippen molar-refractivity contribution >= 4 is 11.6 Å². The van der Waals surface area contributed by atoms with Crippen molar-refractivity contribution in [1.29, 1.82) is 0 Å². The van der Waals surface area contributed by atoms with Crippen molar-refractivity contribution in [1.82, 2.24) is 0 Å². The second-order valence-corrected chi connectivity index (χ2v) is 5.99. The Morgan fingerprint density at radius 1 is 0.769 bits per heavy atom. The van der Waals surface area contributed by atoms with Gasteiger partial charge in [0.2, 0.25) is 0 Å². The first kappa shape index (κ1) is 17.7. The summed E-state index contributed by atoms with van der Waals surface area (Å²) in [6, 6.07) is 28.2. The monoisotopic (exact) mass is 345 g/mol. The molecule has 3 aromatic rings. The molecule has 0 saturated heterocycles. The Kier molecular flexibility index (Phi) is 6.40. The number of nitrogens with zero attached hydrogens (tertiary/aromatic N) is 1. The Balaban J connectivity index is 1.51. The van der Waals surface area contributed by atoms with E-state index in [2.05, 4.69) is 34.6 Å². The first-order valence-electron chi connectivity index (χ1n) is 8.61. The van der Waals surface area contributed by atoms with Crippen LogP contribution in [-0.2, 0) is 24.5 Å². The molecule has 0 unspecified atom stereocenters. The molecule has 0 radical (unpaired) electrons. The molecule has 132 valence electrons. The average Bonchev–Trinajstić information content (AvgIpc) is 2.68. The number of aliphatic imine (C=N–C) groups is 1. The van der Waals surface area contributed by atoms with Gasteiger partial charge >= 0.3 is 0 Å². The van der Waals surface area contributed by atoms with Gasteiger partial charge in [-0.25, -0.2) is 4.99 Å². The molecule has 4 nitrogen and oxygen atoms in total. The number of para-hydroxylation sites is 1. The lowest BCUT2D eigenvalue weighted by atomic mass is 10.1. The number of nitrogens with one attached hydrogen (secondary N) is 1. The molecule has 0 heterocycles. The Labute approximate surface area is 154 Å². The molecule has 0 aromatic heterocycles. The zero-order chi connectivity index (χ0) is 18.0. The van der Waals surface area contributed by atoms with Gasteiger partial charge in [0.15, 0.2) is 5.96 Å². The molecule has 0 aliphatic heterocycles.